The third-order valence-electron chi connectivity index (χ3n) is 3.82. The lowest BCUT2D eigenvalue weighted by Crippen LogP contribution is -2.49. The summed E-state index contributed by atoms with van der Waals surface area (Å²) in [6.07, 6.45) is 3.45. The van der Waals surface area contributed by atoms with Crippen molar-refractivity contribution >= 4 is 56.8 Å². The largest absolute Gasteiger partial charge is 0.483 e. The summed E-state index contributed by atoms with van der Waals surface area (Å²) in [4.78, 5) is 34.0. The van der Waals surface area contributed by atoms with Gasteiger partial charge in [-0.25, -0.2) is 0 Å². The van der Waals surface area contributed by atoms with Crippen molar-refractivity contribution in [3.05, 3.63) is 74.3 Å². The van der Waals surface area contributed by atoms with Gasteiger partial charge in [-0.2, -0.15) is 0 Å². The number of non-ortho nitro benzene ring substituents is 1. The minimum absolute atomic E-state index is 0.0852. The highest BCUT2D eigenvalue weighted by molar-refractivity contribution is 9.10. The van der Waals surface area contributed by atoms with Gasteiger partial charge in [-0.1, -0.05) is 25.1 Å². The average Bonchev–Trinajstić information content (AvgIpc) is 2.75. The molecular formula is C20H19BrN4O5S. The molecule has 162 valence electrons. The predicted octanol–water partition coefficient (Wildman–Crippen LogP) is 3.03. The van der Waals surface area contributed by atoms with E-state index in [1.54, 1.807) is 12.1 Å². The number of halogens is 1. The number of carbonyl (C=O) groups is 2. The molecule has 0 fully saturated rings. The van der Waals surface area contributed by atoms with Crippen LogP contribution in [0.3, 0.4) is 0 Å². The molecule has 2 rings (SSSR count). The highest BCUT2D eigenvalue weighted by Gasteiger charge is 2.08. The lowest BCUT2D eigenvalue weighted by molar-refractivity contribution is -0.384. The summed E-state index contributed by atoms with van der Waals surface area (Å²) in [6.45, 7) is 1.77. The molecule has 0 saturated carbocycles. The van der Waals surface area contributed by atoms with Gasteiger partial charge in [0.05, 0.1) is 9.40 Å². The first kappa shape index (κ1) is 24.0. The number of nitrogens with one attached hydrogen (secondary N) is 3. The van der Waals surface area contributed by atoms with Crippen molar-refractivity contribution in [2.75, 3.05) is 6.61 Å². The molecule has 0 aliphatic heterocycles. The number of nitro groups is 1. The van der Waals surface area contributed by atoms with E-state index in [0.29, 0.717) is 11.3 Å². The van der Waals surface area contributed by atoms with Gasteiger partial charge < -0.3 is 4.74 Å². The summed E-state index contributed by atoms with van der Waals surface area (Å²) in [7, 11) is 0. The van der Waals surface area contributed by atoms with Crippen molar-refractivity contribution in [3.8, 4) is 5.75 Å². The molecule has 11 heteroatoms. The van der Waals surface area contributed by atoms with Gasteiger partial charge in [0, 0.05) is 18.2 Å². The Labute approximate surface area is 192 Å². The van der Waals surface area contributed by atoms with Gasteiger partial charge in [-0.05, 0) is 63.9 Å². The van der Waals surface area contributed by atoms with E-state index in [0.717, 1.165) is 22.5 Å². The number of benzene rings is 2. The van der Waals surface area contributed by atoms with Crippen LogP contribution < -0.4 is 20.9 Å². The number of nitrogens with zero attached hydrogens (tertiary/aromatic N) is 1. The summed E-state index contributed by atoms with van der Waals surface area (Å²) in [5.41, 5.74) is 6.22. The van der Waals surface area contributed by atoms with Gasteiger partial charge in [0.2, 0.25) is 5.91 Å². The third-order valence-corrected chi connectivity index (χ3v) is 4.65. The van der Waals surface area contributed by atoms with Crippen LogP contribution in [0, 0.1) is 10.1 Å². The van der Waals surface area contributed by atoms with Crippen molar-refractivity contribution < 1.29 is 19.2 Å². The Morgan fingerprint density at radius 1 is 1.23 bits per heavy atom. The summed E-state index contributed by atoms with van der Waals surface area (Å²) in [5, 5.41) is 13.0. The first-order valence-electron chi connectivity index (χ1n) is 9.02. The Bertz CT molecular complexity index is 1030. The number of rotatable bonds is 7. The van der Waals surface area contributed by atoms with Crippen LogP contribution >= 0.6 is 28.1 Å². The van der Waals surface area contributed by atoms with Crippen LogP contribution in [-0.4, -0.2) is 28.5 Å². The van der Waals surface area contributed by atoms with E-state index in [9.17, 15) is 19.7 Å². The topological polar surface area (TPSA) is 123 Å². The SMILES string of the molecule is CCc1ccc(OCC(=O)NNC(=S)NC(=O)/C=C/c2cccc([N+](=O)[O-])c2)c(Br)c1. The van der Waals surface area contributed by atoms with E-state index in [2.05, 4.69) is 32.1 Å². The summed E-state index contributed by atoms with van der Waals surface area (Å²) in [5.74, 6) is -0.556. The fraction of sp³-hybridized carbons (Fsp3) is 0.150. The number of aryl methyl sites for hydroxylation is 1. The fourth-order valence-corrected chi connectivity index (χ4v) is 2.98. The van der Waals surface area contributed by atoms with Crippen LogP contribution in [0.4, 0.5) is 5.69 Å². The third kappa shape index (κ3) is 8.15. The molecule has 31 heavy (non-hydrogen) atoms. The van der Waals surface area contributed by atoms with Crippen molar-refractivity contribution in [2.45, 2.75) is 13.3 Å². The standard InChI is InChI=1S/C20H19BrN4O5S/c1-2-13-6-8-17(16(21)11-13)30-12-19(27)23-24-20(31)22-18(26)9-7-14-4-3-5-15(10-14)25(28)29/h3-11H,2,12H2,1H3,(H,23,27)(H2,22,24,26,31)/b9-7+. The molecule has 0 heterocycles. The summed E-state index contributed by atoms with van der Waals surface area (Å²) < 4.78 is 6.18. The molecule has 3 N–H and O–H groups in total. The molecule has 0 bridgehead atoms. The molecule has 0 unspecified atom stereocenters. The van der Waals surface area contributed by atoms with Crippen LogP contribution in [0.25, 0.3) is 6.08 Å². The van der Waals surface area contributed by atoms with Gasteiger partial charge in [0.1, 0.15) is 5.75 Å². The zero-order chi connectivity index (χ0) is 22.8. The second-order valence-electron chi connectivity index (χ2n) is 6.08. The average molecular weight is 507 g/mol. The summed E-state index contributed by atoms with van der Waals surface area (Å²) >= 11 is 8.32. The highest BCUT2D eigenvalue weighted by Crippen LogP contribution is 2.26. The number of hydrogen-bond acceptors (Lipinski definition) is 6. The molecule has 2 aromatic rings. The van der Waals surface area contributed by atoms with Crippen LogP contribution in [-0.2, 0) is 16.0 Å². The molecule has 2 aromatic carbocycles. The molecule has 2 amide bonds. The molecule has 0 aliphatic carbocycles. The van der Waals surface area contributed by atoms with Crippen molar-refractivity contribution in [2.24, 2.45) is 0 Å². The molecule has 9 nitrogen and oxygen atoms in total. The first-order chi connectivity index (χ1) is 14.8. The lowest BCUT2D eigenvalue weighted by atomic mass is 10.2. The quantitative estimate of drug-likeness (QED) is 0.228. The number of ether oxygens (including phenoxy) is 1. The van der Waals surface area contributed by atoms with Crippen LogP contribution in [0.15, 0.2) is 53.0 Å². The van der Waals surface area contributed by atoms with E-state index in [1.165, 1.54) is 24.3 Å². The van der Waals surface area contributed by atoms with Gasteiger partial charge >= 0.3 is 0 Å². The number of carbonyl (C=O) groups excluding carboxylic acids is 2. The molecular weight excluding hydrogens is 488 g/mol. The monoisotopic (exact) mass is 506 g/mol. The Morgan fingerprint density at radius 2 is 2.00 bits per heavy atom. The van der Waals surface area contributed by atoms with Gasteiger partial charge in [-0.15, -0.1) is 0 Å². The maximum absolute atomic E-state index is 11.9. The number of amides is 2. The second kappa shape index (κ2) is 11.8. The van der Waals surface area contributed by atoms with Gasteiger partial charge in [-0.3, -0.25) is 35.9 Å². The lowest BCUT2D eigenvalue weighted by Gasteiger charge is -2.11. The number of thiocarbonyl (C=S) groups is 1. The van der Waals surface area contributed by atoms with E-state index < -0.39 is 16.7 Å². The van der Waals surface area contributed by atoms with E-state index in [4.69, 9.17) is 17.0 Å². The van der Waals surface area contributed by atoms with E-state index in [1.807, 2.05) is 19.1 Å². The normalized spacial score (nSPS) is 10.4. The van der Waals surface area contributed by atoms with Crippen molar-refractivity contribution in [1.29, 1.82) is 0 Å². The molecule has 0 radical (unpaired) electrons. The van der Waals surface area contributed by atoms with Crippen LogP contribution in [0.5, 0.6) is 5.75 Å². The number of nitro benzene ring substituents is 1. The second-order valence-corrected chi connectivity index (χ2v) is 7.35. The maximum atomic E-state index is 11.9. The van der Waals surface area contributed by atoms with Gasteiger partial charge in [0.25, 0.3) is 11.6 Å². The predicted molar refractivity (Wildman–Crippen MR) is 123 cm³/mol. The first-order valence-corrected chi connectivity index (χ1v) is 10.2. The Kier molecular flexibility index (Phi) is 9.10. The van der Waals surface area contributed by atoms with E-state index >= 15 is 0 Å². The zero-order valence-electron chi connectivity index (χ0n) is 16.4. The van der Waals surface area contributed by atoms with Crippen molar-refractivity contribution in [3.63, 3.8) is 0 Å². The smallest absolute Gasteiger partial charge is 0.276 e. The molecule has 0 atom stereocenters. The minimum atomic E-state index is -0.575. The van der Waals surface area contributed by atoms with Crippen LogP contribution in [0.1, 0.15) is 18.1 Å². The highest BCUT2D eigenvalue weighted by atomic mass is 79.9. The number of hydrazine groups is 1. The van der Waals surface area contributed by atoms with E-state index in [-0.39, 0.29) is 17.4 Å². The molecule has 0 aromatic heterocycles. The Balaban J connectivity index is 1.75. The number of hydrogen-bond donors (Lipinski definition) is 3. The summed E-state index contributed by atoms with van der Waals surface area (Å²) in [6, 6.07) is 11.4. The molecule has 0 spiro atoms. The molecule has 0 aliphatic rings. The van der Waals surface area contributed by atoms with Gasteiger partial charge in [0.15, 0.2) is 11.7 Å². The minimum Gasteiger partial charge on any atom is -0.483 e. The Morgan fingerprint density at radius 3 is 2.68 bits per heavy atom. The van der Waals surface area contributed by atoms with Crippen molar-refractivity contribution in [1.82, 2.24) is 16.2 Å². The molecule has 0 saturated heterocycles. The zero-order valence-corrected chi connectivity index (χ0v) is 18.8. The Hall–Kier alpha value is -3.31. The van der Waals surface area contributed by atoms with Crippen LogP contribution in [0.2, 0.25) is 0 Å². The fourth-order valence-electron chi connectivity index (χ4n) is 2.29. The maximum Gasteiger partial charge on any atom is 0.276 e.